The molecule has 0 saturated heterocycles. The summed E-state index contributed by atoms with van der Waals surface area (Å²) in [7, 11) is -3.68. The van der Waals surface area contributed by atoms with Gasteiger partial charge in [0.25, 0.3) is 0 Å². The van der Waals surface area contributed by atoms with Crippen LogP contribution in [0.25, 0.3) is 0 Å². The van der Waals surface area contributed by atoms with Crippen LogP contribution in [0.3, 0.4) is 0 Å². The Labute approximate surface area is 133 Å². The number of carbonyl (C=O) groups is 1. The summed E-state index contributed by atoms with van der Waals surface area (Å²) >= 11 is 0. The van der Waals surface area contributed by atoms with Crippen LogP contribution in [-0.2, 0) is 14.8 Å². The van der Waals surface area contributed by atoms with Crippen molar-refractivity contribution in [2.45, 2.75) is 51.5 Å². The van der Waals surface area contributed by atoms with Crippen molar-refractivity contribution in [3.8, 4) is 0 Å². The number of hydrogen-bond donors (Lipinski definition) is 2. The van der Waals surface area contributed by atoms with Gasteiger partial charge in [0.15, 0.2) is 0 Å². The van der Waals surface area contributed by atoms with Crippen molar-refractivity contribution in [2.75, 3.05) is 6.54 Å². The van der Waals surface area contributed by atoms with Gasteiger partial charge in [0.2, 0.25) is 15.9 Å². The lowest BCUT2D eigenvalue weighted by Crippen LogP contribution is -2.44. The fourth-order valence-electron chi connectivity index (χ4n) is 1.95. The number of sulfonamides is 1. The molecule has 2 N–H and O–H groups in total. The number of rotatable bonds is 8. The average Bonchev–Trinajstić information content (AvgIpc) is 2.43. The highest BCUT2D eigenvalue weighted by Crippen LogP contribution is 2.10. The summed E-state index contributed by atoms with van der Waals surface area (Å²) in [5.74, 6) is 0.286. The van der Waals surface area contributed by atoms with Crippen molar-refractivity contribution in [3.63, 3.8) is 0 Å². The van der Waals surface area contributed by atoms with Gasteiger partial charge in [-0.2, -0.15) is 4.72 Å². The Morgan fingerprint density at radius 3 is 2.27 bits per heavy atom. The average molecular weight is 326 g/mol. The van der Waals surface area contributed by atoms with Crippen molar-refractivity contribution < 1.29 is 13.2 Å². The Hall–Kier alpha value is -1.40. The van der Waals surface area contributed by atoms with Gasteiger partial charge >= 0.3 is 0 Å². The van der Waals surface area contributed by atoms with Gasteiger partial charge < -0.3 is 5.32 Å². The summed E-state index contributed by atoms with van der Waals surface area (Å²) < 4.78 is 26.8. The van der Waals surface area contributed by atoms with Crippen LogP contribution in [0, 0.1) is 12.8 Å². The van der Waals surface area contributed by atoms with Gasteiger partial charge in [0.1, 0.15) is 0 Å². The molecule has 6 heteroatoms. The quantitative estimate of drug-likeness (QED) is 0.719. The molecule has 0 radical (unpaired) electrons. The molecule has 0 aliphatic heterocycles. The molecule has 5 nitrogen and oxygen atoms in total. The van der Waals surface area contributed by atoms with E-state index in [2.05, 4.69) is 23.9 Å². The Bertz CT molecular complexity index is 580. The highest BCUT2D eigenvalue weighted by Gasteiger charge is 2.21. The van der Waals surface area contributed by atoms with Crippen LogP contribution >= 0.6 is 0 Å². The van der Waals surface area contributed by atoms with Crippen LogP contribution in [0.15, 0.2) is 29.2 Å². The van der Waals surface area contributed by atoms with Crippen molar-refractivity contribution in [1.82, 2.24) is 10.0 Å². The molecule has 0 aliphatic carbocycles. The first-order valence-electron chi connectivity index (χ1n) is 7.59. The Kier molecular flexibility index (Phi) is 7.03. The third kappa shape index (κ3) is 6.15. The first kappa shape index (κ1) is 18.6. The Morgan fingerprint density at radius 2 is 1.73 bits per heavy atom. The third-order valence-corrected chi connectivity index (χ3v) is 4.87. The van der Waals surface area contributed by atoms with Crippen molar-refractivity contribution in [3.05, 3.63) is 29.8 Å². The lowest BCUT2D eigenvalue weighted by atomic mass is 10.1. The number of hydrogen-bond acceptors (Lipinski definition) is 3. The zero-order valence-corrected chi connectivity index (χ0v) is 14.5. The molecule has 1 aromatic carbocycles. The molecule has 124 valence electrons. The van der Waals surface area contributed by atoms with Crippen LogP contribution in [0.2, 0.25) is 0 Å². The molecule has 0 aliphatic rings. The monoisotopic (exact) mass is 326 g/mol. The molecule has 1 unspecified atom stereocenters. The van der Waals surface area contributed by atoms with E-state index in [4.69, 9.17) is 0 Å². The third-order valence-electron chi connectivity index (χ3n) is 3.31. The predicted molar refractivity (Wildman–Crippen MR) is 88.0 cm³/mol. The van der Waals surface area contributed by atoms with Crippen LogP contribution < -0.4 is 10.0 Å². The first-order valence-corrected chi connectivity index (χ1v) is 9.07. The SMILES string of the molecule is Cc1ccc(S(=O)(=O)NC(C)C(=O)NCCCC(C)C)cc1. The van der Waals surface area contributed by atoms with Gasteiger partial charge in [-0.15, -0.1) is 0 Å². The van der Waals surface area contributed by atoms with Gasteiger partial charge in [-0.25, -0.2) is 8.42 Å². The first-order chi connectivity index (χ1) is 10.2. The van der Waals surface area contributed by atoms with Gasteiger partial charge in [-0.3, -0.25) is 4.79 Å². The van der Waals surface area contributed by atoms with Crippen molar-refractivity contribution >= 4 is 15.9 Å². The number of benzene rings is 1. The zero-order chi connectivity index (χ0) is 16.8. The fourth-order valence-corrected chi connectivity index (χ4v) is 3.15. The molecule has 1 amide bonds. The maximum absolute atomic E-state index is 12.2. The minimum Gasteiger partial charge on any atom is -0.355 e. The van der Waals surface area contributed by atoms with Gasteiger partial charge in [-0.1, -0.05) is 31.5 Å². The molecular formula is C16H26N2O3S. The van der Waals surface area contributed by atoms with Crippen molar-refractivity contribution in [1.29, 1.82) is 0 Å². The molecule has 1 atom stereocenters. The molecule has 0 bridgehead atoms. The van der Waals surface area contributed by atoms with Crippen LogP contribution in [-0.4, -0.2) is 26.9 Å². The van der Waals surface area contributed by atoms with E-state index >= 15 is 0 Å². The number of aryl methyl sites for hydroxylation is 1. The zero-order valence-electron chi connectivity index (χ0n) is 13.7. The molecular weight excluding hydrogens is 300 g/mol. The Morgan fingerprint density at radius 1 is 1.14 bits per heavy atom. The van der Waals surface area contributed by atoms with E-state index in [1.807, 2.05) is 6.92 Å². The summed E-state index contributed by atoms with van der Waals surface area (Å²) in [4.78, 5) is 12.1. The second kappa shape index (κ2) is 8.29. The summed E-state index contributed by atoms with van der Waals surface area (Å²) in [6, 6.07) is 5.72. The second-order valence-electron chi connectivity index (χ2n) is 5.98. The molecule has 0 spiro atoms. The van der Waals surface area contributed by atoms with E-state index in [1.54, 1.807) is 19.1 Å². The fraction of sp³-hybridized carbons (Fsp3) is 0.562. The standard InChI is InChI=1S/C16H26N2O3S/c1-12(2)6-5-11-17-16(19)14(4)18-22(20,21)15-9-7-13(3)8-10-15/h7-10,12,14,18H,5-6,11H2,1-4H3,(H,17,19). The Balaban J connectivity index is 2.53. The van der Waals surface area contributed by atoms with E-state index in [-0.39, 0.29) is 10.8 Å². The summed E-state index contributed by atoms with van der Waals surface area (Å²) in [5.41, 5.74) is 0.981. The van der Waals surface area contributed by atoms with E-state index in [9.17, 15) is 13.2 Å². The highest BCUT2D eigenvalue weighted by atomic mass is 32.2. The molecule has 0 aromatic heterocycles. The maximum atomic E-state index is 12.2. The molecule has 1 rings (SSSR count). The van der Waals surface area contributed by atoms with E-state index in [0.29, 0.717) is 12.5 Å². The lowest BCUT2D eigenvalue weighted by Gasteiger charge is -2.15. The molecule has 0 saturated carbocycles. The summed E-state index contributed by atoms with van der Waals surface area (Å²) in [5, 5.41) is 2.76. The topological polar surface area (TPSA) is 75.3 Å². The van der Waals surface area contributed by atoms with E-state index in [1.165, 1.54) is 12.1 Å². The van der Waals surface area contributed by atoms with Gasteiger partial charge in [-0.05, 0) is 44.7 Å². The molecule has 22 heavy (non-hydrogen) atoms. The number of carbonyl (C=O) groups excluding carboxylic acids is 1. The van der Waals surface area contributed by atoms with Gasteiger partial charge in [0, 0.05) is 6.54 Å². The number of nitrogens with one attached hydrogen (secondary N) is 2. The minimum atomic E-state index is -3.68. The maximum Gasteiger partial charge on any atom is 0.241 e. The van der Waals surface area contributed by atoms with Crippen LogP contribution in [0.1, 0.15) is 39.2 Å². The summed E-state index contributed by atoms with van der Waals surface area (Å²) in [6.07, 6.45) is 1.92. The van der Waals surface area contributed by atoms with E-state index in [0.717, 1.165) is 18.4 Å². The molecule has 0 heterocycles. The van der Waals surface area contributed by atoms with Crippen LogP contribution in [0.5, 0.6) is 0 Å². The molecule has 0 fully saturated rings. The predicted octanol–water partition coefficient (Wildman–Crippen LogP) is 2.21. The smallest absolute Gasteiger partial charge is 0.241 e. The van der Waals surface area contributed by atoms with Gasteiger partial charge in [0.05, 0.1) is 10.9 Å². The van der Waals surface area contributed by atoms with E-state index < -0.39 is 16.1 Å². The van der Waals surface area contributed by atoms with Crippen molar-refractivity contribution in [2.24, 2.45) is 5.92 Å². The highest BCUT2D eigenvalue weighted by molar-refractivity contribution is 7.89. The minimum absolute atomic E-state index is 0.164. The molecule has 1 aromatic rings. The normalized spacial score (nSPS) is 13.1. The largest absolute Gasteiger partial charge is 0.355 e. The number of amides is 1. The summed E-state index contributed by atoms with van der Waals surface area (Å²) in [6.45, 7) is 8.24. The second-order valence-corrected chi connectivity index (χ2v) is 7.70. The lowest BCUT2D eigenvalue weighted by molar-refractivity contribution is -0.122. The van der Waals surface area contributed by atoms with Crippen LogP contribution in [0.4, 0.5) is 0 Å².